The molecule has 1 aliphatic heterocycles. The number of phenols is 1. The molecular formula is C20H14F3IN2O4S. The summed E-state index contributed by atoms with van der Waals surface area (Å²) in [6, 6.07) is 7.03. The van der Waals surface area contributed by atoms with E-state index in [0.717, 1.165) is 23.1 Å². The van der Waals surface area contributed by atoms with Crippen molar-refractivity contribution in [3.63, 3.8) is 0 Å². The van der Waals surface area contributed by atoms with E-state index in [4.69, 9.17) is 17.0 Å². The molecule has 11 heteroatoms. The highest BCUT2D eigenvalue weighted by Gasteiger charge is 2.36. The van der Waals surface area contributed by atoms with Crippen molar-refractivity contribution in [3.05, 3.63) is 56.7 Å². The number of halogens is 4. The first kappa shape index (κ1) is 23.0. The fourth-order valence-corrected chi connectivity index (χ4v) is 3.73. The van der Waals surface area contributed by atoms with Gasteiger partial charge in [0, 0.05) is 0 Å². The molecule has 2 aromatic carbocycles. The third-order valence-electron chi connectivity index (χ3n) is 4.19. The average molecular weight is 562 g/mol. The van der Waals surface area contributed by atoms with E-state index in [1.165, 1.54) is 24.3 Å². The highest BCUT2D eigenvalue weighted by Crippen LogP contribution is 2.35. The zero-order valence-corrected chi connectivity index (χ0v) is 18.8. The van der Waals surface area contributed by atoms with Crippen molar-refractivity contribution in [2.75, 3.05) is 11.5 Å². The van der Waals surface area contributed by atoms with Gasteiger partial charge in [-0.15, -0.1) is 0 Å². The Kier molecular flexibility index (Phi) is 6.55. The normalized spacial score (nSPS) is 16.0. The molecule has 3 rings (SSSR count). The fourth-order valence-electron chi connectivity index (χ4n) is 2.82. The fraction of sp³-hybridized carbons (Fsp3) is 0.150. The Balaban J connectivity index is 2.05. The van der Waals surface area contributed by atoms with Gasteiger partial charge in [0.1, 0.15) is 5.57 Å². The van der Waals surface area contributed by atoms with Gasteiger partial charge < -0.3 is 9.84 Å². The van der Waals surface area contributed by atoms with E-state index in [0.29, 0.717) is 9.13 Å². The zero-order valence-electron chi connectivity index (χ0n) is 15.8. The van der Waals surface area contributed by atoms with Crippen molar-refractivity contribution >= 4 is 63.5 Å². The smallest absolute Gasteiger partial charge is 0.416 e. The summed E-state index contributed by atoms with van der Waals surface area (Å²) in [5.41, 5.74) is -1.06. The lowest BCUT2D eigenvalue weighted by atomic mass is 10.1. The highest BCUT2D eigenvalue weighted by atomic mass is 127. The summed E-state index contributed by atoms with van der Waals surface area (Å²) in [4.78, 5) is 26.3. The van der Waals surface area contributed by atoms with Crippen LogP contribution in [0.15, 0.2) is 42.0 Å². The molecule has 0 atom stereocenters. The maximum Gasteiger partial charge on any atom is 0.416 e. The molecule has 1 fully saturated rings. The number of alkyl halides is 3. The number of carbonyl (C=O) groups is 2. The Bertz CT molecular complexity index is 1120. The Hall–Kier alpha value is -2.67. The number of rotatable bonds is 4. The van der Waals surface area contributed by atoms with Gasteiger partial charge in [-0.1, -0.05) is 6.07 Å². The summed E-state index contributed by atoms with van der Waals surface area (Å²) >= 11 is 6.89. The predicted octanol–water partition coefficient (Wildman–Crippen LogP) is 4.25. The summed E-state index contributed by atoms with van der Waals surface area (Å²) in [6.07, 6.45) is -3.36. The molecule has 0 radical (unpaired) electrons. The van der Waals surface area contributed by atoms with Crippen LogP contribution in [-0.4, -0.2) is 28.6 Å². The van der Waals surface area contributed by atoms with Crippen molar-refractivity contribution < 1.29 is 32.6 Å². The Morgan fingerprint density at radius 3 is 2.61 bits per heavy atom. The van der Waals surface area contributed by atoms with Crippen molar-refractivity contribution in [3.8, 4) is 11.5 Å². The summed E-state index contributed by atoms with van der Waals surface area (Å²) in [5, 5.41) is 12.0. The number of nitrogens with zero attached hydrogens (tertiary/aromatic N) is 1. The minimum atomic E-state index is -4.61. The van der Waals surface area contributed by atoms with E-state index in [1.807, 2.05) is 22.6 Å². The largest absolute Gasteiger partial charge is 0.504 e. The molecule has 0 aromatic heterocycles. The van der Waals surface area contributed by atoms with Crippen LogP contribution in [-0.2, 0) is 15.8 Å². The number of nitrogens with one attached hydrogen (secondary N) is 1. The molecule has 0 saturated carbocycles. The van der Waals surface area contributed by atoms with Crippen LogP contribution in [0.25, 0.3) is 6.08 Å². The van der Waals surface area contributed by atoms with Crippen molar-refractivity contribution in [1.82, 2.24) is 5.32 Å². The highest BCUT2D eigenvalue weighted by molar-refractivity contribution is 14.1. The number of carbonyl (C=O) groups excluding carboxylic acids is 2. The molecule has 0 aliphatic carbocycles. The molecule has 1 saturated heterocycles. The lowest BCUT2D eigenvalue weighted by Gasteiger charge is -2.29. The van der Waals surface area contributed by atoms with Crippen LogP contribution in [0, 0.1) is 3.57 Å². The number of hydrogen-bond acceptors (Lipinski definition) is 5. The number of ether oxygens (including phenoxy) is 1. The quantitative estimate of drug-likeness (QED) is 0.252. The summed E-state index contributed by atoms with van der Waals surface area (Å²) in [7, 11) is 0. The standard InChI is InChI=1S/C20H14F3IN2O4S/c1-2-30-15-8-10(7-14(24)16(15)27)6-13-17(28)25-19(31)26(18(13)29)12-5-3-4-11(9-12)20(21,22)23/h3-9,27H,2H2,1H3,(H,25,28,31)/b13-6+. The summed E-state index contributed by atoms with van der Waals surface area (Å²) in [5.74, 6) is -1.60. The van der Waals surface area contributed by atoms with Crippen molar-refractivity contribution in [2.24, 2.45) is 0 Å². The van der Waals surface area contributed by atoms with E-state index in [-0.39, 0.29) is 34.5 Å². The zero-order chi connectivity index (χ0) is 22.9. The van der Waals surface area contributed by atoms with Crippen LogP contribution >= 0.6 is 34.8 Å². The van der Waals surface area contributed by atoms with Crippen LogP contribution < -0.4 is 15.0 Å². The second-order valence-corrected chi connectivity index (χ2v) is 7.84. The number of phenolic OH excluding ortho intramolecular Hbond substituents is 1. The van der Waals surface area contributed by atoms with Crippen LogP contribution in [0.1, 0.15) is 18.1 Å². The first-order chi connectivity index (χ1) is 14.5. The van der Waals surface area contributed by atoms with E-state index in [2.05, 4.69) is 5.32 Å². The SMILES string of the molecule is CCOc1cc(/C=C2\C(=O)NC(=S)N(c3cccc(C(F)(F)F)c3)C2=O)cc(I)c1O. The summed E-state index contributed by atoms with van der Waals surface area (Å²) in [6.45, 7) is 2.00. The first-order valence-electron chi connectivity index (χ1n) is 8.77. The molecule has 1 aliphatic rings. The number of thiocarbonyl (C=S) groups is 1. The van der Waals surface area contributed by atoms with Crippen LogP contribution in [0.5, 0.6) is 11.5 Å². The number of aromatic hydroxyl groups is 1. The van der Waals surface area contributed by atoms with Gasteiger partial charge in [0.2, 0.25) is 0 Å². The van der Waals surface area contributed by atoms with Crippen LogP contribution in [0.3, 0.4) is 0 Å². The van der Waals surface area contributed by atoms with Gasteiger partial charge in [-0.3, -0.25) is 19.8 Å². The number of benzene rings is 2. The second-order valence-electron chi connectivity index (χ2n) is 6.29. The first-order valence-corrected chi connectivity index (χ1v) is 10.3. The Morgan fingerprint density at radius 1 is 1.26 bits per heavy atom. The molecule has 0 bridgehead atoms. The van der Waals surface area contributed by atoms with E-state index in [9.17, 15) is 27.9 Å². The van der Waals surface area contributed by atoms with Gasteiger partial charge in [0.05, 0.1) is 21.4 Å². The molecule has 6 nitrogen and oxygen atoms in total. The van der Waals surface area contributed by atoms with E-state index < -0.39 is 23.6 Å². The molecule has 2 aromatic rings. The van der Waals surface area contributed by atoms with Crippen LogP contribution in [0.4, 0.5) is 18.9 Å². The molecule has 1 heterocycles. The van der Waals surface area contributed by atoms with Gasteiger partial charge in [0.25, 0.3) is 11.8 Å². The maximum atomic E-state index is 13.1. The monoisotopic (exact) mass is 562 g/mol. The third-order valence-corrected chi connectivity index (χ3v) is 5.30. The van der Waals surface area contributed by atoms with Crippen LogP contribution in [0.2, 0.25) is 0 Å². The molecule has 2 N–H and O–H groups in total. The van der Waals surface area contributed by atoms with Crippen molar-refractivity contribution in [1.29, 1.82) is 0 Å². The summed E-state index contributed by atoms with van der Waals surface area (Å²) < 4.78 is 45.0. The van der Waals surface area contributed by atoms with Gasteiger partial charge in [-0.2, -0.15) is 13.2 Å². The molecule has 0 unspecified atom stereocenters. The van der Waals surface area contributed by atoms with Crippen molar-refractivity contribution in [2.45, 2.75) is 13.1 Å². The molecular weight excluding hydrogens is 548 g/mol. The third kappa shape index (κ3) is 4.82. The topological polar surface area (TPSA) is 78.9 Å². The Morgan fingerprint density at radius 2 is 1.97 bits per heavy atom. The minimum Gasteiger partial charge on any atom is -0.504 e. The van der Waals surface area contributed by atoms with Gasteiger partial charge in [-0.25, -0.2) is 0 Å². The predicted molar refractivity (Wildman–Crippen MR) is 120 cm³/mol. The number of hydrogen-bond donors (Lipinski definition) is 2. The van der Waals surface area contributed by atoms with E-state index >= 15 is 0 Å². The Labute approximate surface area is 193 Å². The van der Waals surface area contributed by atoms with Gasteiger partial charge in [0.15, 0.2) is 16.6 Å². The molecule has 0 spiro atoms. The number of amides is 2. The van der Waals surface area contributed by atoms with Gasteiger partial charge in [-0.05, 0) is 83.7 Å². The lowest BCUT2D eigenvalue weighted by Crippen LogP contribution is -2.54. The number of anilines is 1. The van der Waals surface area contributed by atoms with E-state index in [1.54, 1.807) is 6.92 Å². The van der Waals surface area contributed by atoms with Gasteiger partial charge >= 0.3 is 6.18 Å². The molecule has 162 valence electrons. The maximum absolute atomic E-state index is 13.1. The lowest BCUT2D eigenvalue weighted by molar-refractivity contribution is -0.137. The minimum absolute atomic E-state index is 0.0872. The average Bonchev–Trinajstić information content (AvgIpc) is 2.68. The molecule has 31 heavy (non-hydrogen) atoms. The molecule has 2 amide bonds. The second kappa shape index (κ2) is 8.83.